The van der Waals surface area contributed by atoms with E-state index >= 15 is 0 Å². The number of hydrogen-bond donors (Lipinski definition) is 1. The van der Waals surface area contributed by atoms with Crippen LogP contribution in [0.15, 0.2) is 60.9 Å². The number of carbonyl (C=O) groups is 2. The Hall–Kier alpha value is -3.61. The lowest BCUT2D eigenvalue weighted by Crippen LogP contribution is -2.28. The average molecular weight is 418 g/mol. The second-order valence-electron chi connectivity index (χ2n) is 7.64. The van der Waals surface area contributed by atoms with Gasteiger partial charge in [0.15, 0.2) is 0 Å². The molecular weight excluding hydrogens is 392 g/mol. The number of anilines is 2. The van der Waals surface area contributed by atoms with Gasteiger partial charge in [0.2, 0.25) is 11.8 Å². The maximum atomic E-state index is 12.8. The van der Waals surface area contributed by atoms with Crippen molar-refractivity contribution in [3.63, 3.8) is 0 Å². The number of nitrogens with one attached hydrogen (secondary N) is 1. The van der Waals surface area contributed by atoms with Crippen LogP contribution < -0.4 is 15.0 Å². The van der Waals surface area contributed by atoms with E-state index < -0.39 is 0 Å². The first kappa shape index (κ1) is 20.7. The zero-order chi connectivity index (χ0) is 21.8. The lowest BCUT2D eigenvalue weighted by molar-refractivity contribution is -0.122. The molecule has 4 rings (SSSR count). The van der Waals surface area contributed by atoms with Crippen LogP contribution in [0, 0.1) is 5.92 Å². The number of carbonyl (C=O) groups excluding carboxylic acids is 2. The van der Waals surface area contributed by atoms with E-state index in [1.165, 1.54) is 0 Å². The van der Waals surface area contributed by atoms with Crippen LogP contribution >= 0.6 is 0 Å². The summed E-state index contributed by atoms with van der Waals surface area (Å²) in [5, 5.41) is 2.92. The second-order valence-corrected chi connectivity index (χ2v) is 7.64. The van der Waals surface area contributed by atoms with Crippen molar-refractivity contribution < 1.29 is 14.3 Å². The maximum absolute atomic E-state index is 12.8. The molecule has 1 atom stereocenters. The molecule has 7 nitrogen and oxygen atoms in total. The standard InChI is InChI=1S/C24H26N4O3/c1-3-17-6-4-5-7-21(17)28-15-18(14-23(28)29)24(30)26-19-8-10-20(11-9-19)31-16-22-25-12-13-27(22)2/h4-13,18H,3,14-16H2,1-2H3,(H,26,30). The van der Waals surface area contributed by atoms with E-state index in [0.717, 1.165) is 23.5 Å². The van der Waals surface area contributed by atoms with Gasteiger partial charge in [0.05, 0.1) is 5.92 Å². The Morgan fingerprint density at radius 2 is 1.97 bits per heavy atom. The summed E-state index contributed by atoms with van der Waals surface area (Å²) in [6.07, 6.45) is 4.65. The van der Waals surface area contributed by atoms with Crippen molar-refractivity contribution in [1.82, 2.24) is 9.55 Å². The number of para-hydroxylation sites is 1. The first-order valence-corrected chi connectivity index (χ1v) is 10.4. The Kier molecular flexibility index (Phi) is 6.02. The van der Waals surface area contributed by atoms with Crippen molar-refractivity contribution in [2.24, 2.45) is 13.0 Å². The minimum absolute atomic E-state index is 0.0147. The fourth-order valence-corrected chi connectivity index (χ4v) is 3.75. The fraction of sp³-hybridized carbons (Fsp3) is 0.292. The van der Waals surface area contributed by atoms with Crippen molar-refractivity contribution >= 4 is 23.2 Å². The highest BCUT2D eigenvalue weighted by Crippen LogP contribution is 2.29. The van der Waals surface area contributed by atoms with Crippen LogP contribution in [-0.2, 0) is 29.7 Å². The normalized spacial score (nSPS) is 15.9. The smallest absolute Gasteiger partial charge is 0.229 e. The molecule has 0 spiro atoms. The summed E-state index contributed by atoms with van der Waals surface area (Å²) in [5.74, 6) is 0.985. The second kappa shape index (κ2) is 9.04. The zero-order valence-electron chi connectivity index (χ0n) is 17.7. The summed E-state index contributed by atoms with van der Waals surface area (Å²) >= 11 is 0. The van der Waals surface area contributed by atoms with Crippen LogP contribution in [0.2, 0.25) is 0 Å². The van der Waals surface area contributed by atoms with E-state index in [0.29, 0.717) is 24.6 Å². The van der Waals surface area contributed by atoms with Crippen LogP contribution in [0.25, 0.3) is 0 Å². The topological polar surface area (TPSA) is 76.5 Å². The molecule has 1 aliphatic rings. The average Bonchev–Trinajstić information content (AvgIpc) is 3.38. The Morgan fingerprint density at radius 1 is 1.19 bits per heavy atom. The number of nitrogens with zero attached hydrogens (tertiary/aromatic N) is 3. The van der Waals surface area contributed by atoms with Gasteiger partial charge in [-0.25, -0.2) is 4.98 Å². The van der Waals surface area contributed by atoms with Gasteiger partial charge in [0.25, 0.3) is 0 Å². The molecule has 1 aromatic heterocycles. The summed E-state index contributed by atoms with van der Waals surface area (Å²) in [4.78, 5) is 31.3. The molecule has 1 aliphatic heterocycles. The van der Waals surface area contributed by atoms with Gasteiger partial charge < -0.3 is 19.5 Å². The molecule has 2 amide bonds. The molecule has 1 unspecified atom stereocenters. The van der Waals surface area contributed by atoms with E-state index in [9.17, 15) is 9.59 Å². The highest BCUT2D eigenvalue weighted by Gasteiger charge is 2.35. The molecule has 0 saturated carbocycles. The molecule has 31 heavy (non-hydrogen) atoms. The summed E-state index contributed by atoms with van der Waals surface area (Å²) in [6, 6.07) is 15.1. The number of hydrogen-bond acceptors (Lipinski definition) is 4. The van der Waals surface area contributed by atoms with Crippen LogP contribution in [0.4, 0.5) is 11.4 Å². The fourth-order valence-electron chi connectivity index (χ4n) is 3.75. The highest BCUT2D eigenvalue weighted by molar-refractivity contribution is 6.03. The van der Waals surface area contributed by atoms with Crippen molar-refractivity contribution in [2.75, 3.05) is 16.8 Å². The molecule has 1 fully saturated rings. The number of aryl methyl sites for hydroxylation is 2. The van der Waals surface area contributed by atoms with Crippen LogP contribution in [0.3, 0.4) is 0 Å². The number of benzene rings is 2. The first-order valence-electron chi connectivity index (χ1n) is 10.4. The Morgan fingerprint density at radius 3 is 2.68 bits per heavy atom. The van der Waals surface area contributed by atoms with Gasteiger partial charge >= 0.3 is 0 Å². The molecule has 1 saturated heterocycles. The van der Waals surface area contributed by atoms with E-state index in [2.05, 4.69) is 17.2 Å². The van der Waals surface area contributed by atoms with Gasteiger partial charge in [-0.3, -0.25) is 9.59 Å². The number of aromatic nitrogens is 2. The number of rotatable bonds is 7. The predicted molar refractivity (Wildman–Crippen MR) is 119 cm³/mol. The molecule has 0 radical (unpaired) electrons. The first-order chi connectivity index (χ1) is 15.0. The third-order valence-corrected chi connectivity index (χ3v) is 5.57. The molecule has 7 heteroatoms. The summed E-state index contributed by atoms with van der Waals surface area (Å²) < 4.78 is 7.65. The summed E-state index contributed by atoms with van der Waals surface area (Å²) in [7, 11) is 1.92. The molecule has 0 bridgehead atoms. The number of amides is 2. The number of ether oxygens (including phenoxy) is 1. The molecule has 1 N–H and O–H groups in total. The number of imidazole rings is 1. The quantitative estimate of drug-likeness (QED) is 0.637. The predicted octanol–water partition coefficient (Wildman–Crippen LogP) is 3.55. The van der Waals surface area contributed by atoms with Crippen LogP contribution in [0.5, 0.6) is 5.75 Å². The molecule has 160 valence electrons. The largest absolute Gasteiger partial charge is 0.486 e. The monoisotopic (exact) mass is 418 g/mol. The molecule has 2 heterocycles. The third-order valence-electron chi connectivity index (χ3n) is 5.57. The molecular formula is C24H26N4O3. The van der Waals surface area contributed by atoms with Gasteiger partial charge in [-0.1, -0.05) is 25.1 Å². The van der Waals surface area contributed by atoms with E-state index in [4.69, 9.17) is 4.74 Å². The molecule has 0 aliphatic carbocycles. The summed E-state index contributed by atoms with van der Waals surface area (Å²) in [6.45, 7) is 2.83. The third kappa shape index (κ3) is 4.60. The molecule has 2 aromatic carbocycles. The van der Waals surface area contributed by atoms with Crippen molar-refractivity contribution in [1.29, 1.82) is 0 Å². The van der Waals surface area contributed by atoms with Gasteiger partial charge in [0, 0.05) is 43.8 Å². The zero-order valence-corrected chi connectivity index (χ0v) is 17.7. The Labute approximate surface area is 181 Å². The maximum Gasteiger partial charge on any atom is 0.229 e. The van der Waals surface area contributed by atoms with Gasteiger partial charge in [-0.2, -0.15) is 0 Å². The van der Waals surface area contributed by atoms with Gasteiger partial charge in [-0.05, 0) is 42.3 Å². The van der Waals surface area contributed by atoms with Crippen LogP contribution in [0.1, 0.15) is 24.7 Å². The van der Waals surface area contributed by atoms with E-state index in [1.807, 2.05) is 54.2 Å². The van der Waals surface area contributed by atoms with E-state index in [1.54, 1.807) is 23.2 Å². The summed E-state index contributed by atoms with van der Waals surface area (Å²) in [5.41, 5.74) is 2.69. The SMILES string of the molecule is CCc1ccccc1N1CC(C(=O)Nc2ccc(OCc3nccn3C)cc2)CC1=O. The van der Waals surface area contributed by atoms with Gasteiger partial charge in [-0.15, -0.1) is 0 Å². The van der Waals surface area contributed by atoms with Crippen molar-refractivity contribution in [3.8, 4) is 5.75 Å². The van der Waals surface area contributed by atoms with Crippen molar-refractivity contribution in [2.45, 2.75) is 26.4 Å². The minimum atomic E-state index is -0.378. The minimum Gasteiger partial charge on any atom is -0.486 e. The van der Waals surface area contributed by atoms with Crippen molar-refractivity contribution in [3.05, 3.63) is 72.3 Å². The lowest BCUT2D eigenvalue weighted by Gasteiger charge is -2.20. The Bertz CT molecular complexity index is 1070. The highest BCUT2D eigenvalue weighted by atomic mass is 16.5. The Balaban J connectivity index is 1.35. The lowest BCUT2D eigenvalue weighted by atomic mass is 10.1. The van der Waals surface area contributed by atoms with Crippen LogP contribution in [-0.4, -0.2) is 27.9 Å². The van der Waals surface area contributed by atoms with Gasteiger partial charge in [0.1, 0.15) is 18.2 Å². The van der Waals surface area contributed by atoms with E-state index in [-0.39, 0.29) is 24.2 Å². The molecule has 3 aromatic rings.